The molecule has 5 heteroatoms. The summed E-state index contributed by atoms with van der Waals surface area (Å²) in [7, 11) is 0. The van der Waals surface area contributed by atoms with Crippen molar-refractivity contribution in [1.82, 2.24) is 10.6 Å². The summed E-state index contributed by atoms with van der Waals surface area (Å²) in [6.07, 6.45) is 3.86. The predicted molar refractivity (Wildman–Crippen MR) is 120 cm³/mol. The summed E-state index contributed by atoms with van der Waals surface area (Å²) in [5.41, 5.74) is 3.64. The van der Waals surface area contributed by atoms with Crippen molar-refractivity contribution in [3.8, 4) is 0 Å². The fourth-order valence-electron chi connectivity index (χ4n) is 4.07. The van der Waals surface area contributed by atoms with E-state index in [0.717, 1.165) is 36.8 Å². The standard InChI is InChI=1S/C25H31N3O2/c1-17(26)20-13-11-19(12-14-20)16-27-24(29)18(2)28-25(30)23-10-6-9-22(15-23)21-7-4-3-5-8-21/h3-5,7-8,11-14,18,22-23,26H,6,9-10,15-16H2,1-2H3,(H,27,29)(H,28,30)/t18-,22-,23+/m0/s1. The third-order valence-corrected chi connectivity index (χ3v) is 5.92. The predicted octanol–water partition coefficient (Wildman–Crippen LogP) is 4.17. The lowest BCUT2D eigenvalue weighted by Crippen LogP contribution is -2.47. The topological polar surface area (TPSA) is 82.1 Å². The van der Waals surface area contributed by atoms with Crippen LogP contribution in [-0.2, 0) is 16.1 Å². The van der Waals surface area contributed by atoms with Gasteiger partial charge < -0.3 is 16.0 Å². The lowest BCUT2D eigenvalue weighted by Gasteiger charge is -2.29. The summed E-state index contributed by atoms with van der Waals surface area (Å²) >= 11 is 0. The molecule has 3 N–H and O–H groups in total. The van der Waals surface area contributed by atoms with Crippen LogP contribution in [0.25, 0.3) is 0 Å². The van der Waals surface area contributed by atoms with Crippen LogP contribution < -0.4 is 10.6 Å². The molecule has 0 unspecified atom stereocenters. The average molecular weight is 406 g/mol. The van der Waals surface area contributed by atoms with Crippen LogP contribution in [0, 0.1) is 11.3 Å². The minimum absolute atomic E-state index is 0.0240. The Morgan fingerprint density at radius 2 is 1.77 bits per heavy atom. The normalized spacial score (nSPS) is 19.5. The first-order valence-corrected chi connectivity index (χ1v) is 10.7. The summed E-state index contributed by atoms with van der Waals surface area (Å²) < 4.78 is 0. The van der Waals surface area contributed by atoms with E-state index in [2.05, 4.69) is 22.8 Å². The molecule has 0 bridgehead atoms. The van der Waals surface area contributed by atoms with Gasteiger partial charge in [-0.05, 0) is 55.7 Å². The summed E-state index contributed by atoms with van der Waals surface area (Å²) in [5.74, 6) is 0.152. The third-order valence-electron chi connectivity index (χ3n) is 5.92. The van der Waals surface area contributed by atoms with Gasteiger partial charge in [-0.1, -0.05) is 61.0 Å². The van der Waals surface area contributed by atoms with Gasteiger partial charge in [-0.2, -0.15) is 0 Å². The van der Waals surface area contributed by atoms with Crippen LogP contribution in [0.3, 0.4) is 0 Å². The van der Waals surface area contributed by atoms with Crippen molar-refractivity contribution in [1.29, 1.82) is 5.41 Å². The molecule has 0 aliphatic heterocycles. The number of hydrogen-bond donors (Lipinski definition) is 3. The quantitative estimate of drug-likeness (QED) is 0.604. The van der Waals surface area contributed by atoms with Crippen LogP contribution in [-0.4, -0.2) is 23.6 Å². The maximum Gasteiger partial charge on any atom is 0.242 e. The van der Waals surface area contributed by atoms with Gasteiger partial charge in [0.05, 0.1) is 0 Å². The van der Waals surface area contributed by atoms with Gasteiger partial charge in [-0.25, -0.2) is 0 Å². The zero-order chi connectivity index (χ0) is 21.5. The molecular formula is C25H31N3O2. The average Bonchev–Trinajstić information content (AvgIpc) is 2.78. The molecule has 30 heavy (non-hydrogen) atoms. The highest BCUT2D eigenvalue weighted by atomic mass is 16.2. The van der Waals surface area contributed by atoms with Crippen LogP contribution in [0.1, 0.15) is 62.1 Å². The Balaban J connectivity index is 1.48. The van der Waals surface area contributed by atoms with Crippen molar-refractivity contribution in [2.75, 3.05) is 0 Å². The number of hydrogen-bond acceptors (Lipinski definition) is 3. The third kappa shape index (κ3) is 5.78. The fourth-order valence-corrected chi connectivity index (χ4v) is 4.07. The molecule has 1 aliphatic carbocycles. The highest BCUT2D eigenvalue weighted by Gasteiger charge is 2.29. The van der Waals surface area contributed by atoms with Gasteiger partial charge in [0.25, 0.3) is 0 Å². The number of rotatable bonds is 7. The van der Waals surface area contributed by atoms with Crippen molar-refractivity contribution in [2.45, 2.75) is 58.0 Å². The zero-order valence-corrected chi connectivity index (χ0v) is 17.8. The molecule has 2 amide bonds. The van der Waals surface area contributed by atoms with Crippen molar-refractivity contribution in [3.63, 3.8) is 0 Å². The Kier molecular flexibility index (Phi) is 7.39. The Hall–Kier alpha value is -2.95. The molecule has 1 fully saturated rings. The van der Waals surface area contributed by atoms with Gasteiger partial charge in [-0.3, -0.25) is 9.59 Å². The summed E-state index contributed by atoms with van der Waals surface area (Å²) in [4.78, 5) is 25.2. The lowest BCUT2D eigenvalue weighted by atomic mass is 9.77. The number of carbonyl (C=O) groups excluding carboxylic acids is 2. The van der Waals surface area contributed by atoms with E-state index in [1.807, 2.05) is 42.5 Å². The van der Waals surface area contributed by atoms with Gasteiger partial charge in [0.15, 0.2) is 0 Å². The van der Waals surface area contributed by atoms with E-state index in [1.165, 1.54) is 5.56 Å². The minimum atomic E-state index is -0.572. The lowest BCUT2D eigenvalue weighted by molar-refractivity contribution is -0.131. The first-order valence-electron chi connectivity index (χ1n) is 10.7. The maximum absolute atomic E-state index is 12.8. The second-order valence-corrected chi connectivity index (χ2v) is 8.24. The molecule has 0 saturated heterocycles. The molecule has 2 aromatic carbocycles. The molecule has 1 saturated carbocycles. The van der Waals surface area contributed by atoms with Crippen molar-refractivity contribution >= 4 is 17.5 Å². The number of amides is 2. The second-order valence-electron chi connectivity index (χ2n) is 8.24. The van der Waals surface area contributed by atoms with Crippen LogP contribution >= 0.6 is 0 Å². The minimum Gasteiger partial charge on any atom is -0.350 e. The smallest absolute Gasteiger partial charge is 0.242 e. The van der Waals surface area contributed by atoms with Gasteiger partial charge in [0.2, 0.25) is 11.8 Å². The van der Waals surface area contributed by atoms with Gasteiger partial charge in [-0.15, -0.1) is 0 Å². The first kappa shape index (κ1) is 21.8. The van der Waals surface area contributed by atoms with E-state index >= 15 is 0 Å². The number of nitrogens with one attached hydrogen (secondary N) is 3. The SMILES string of the molecule is CC(=N)c1ccc(CNC(=O)[C@H](C)NC(=O)[C@@H]2CCC[C@H](c3ccccc3)C2)cc1. The molecule has 5 nitrogen and oxygen atoms in total. The molecule has 0 aromatic heterocycles. The van der Waals surface area contributed by atoms with Crippen LogP contribution in [0.4, 0.5) is 0 Å². The second kappa shape index (κ2) is 10.2. The van der Waals surface area contributed by atoms with E-state index in [9.17, 15) is 9.59 Å². The van der Waals surface area contributed by atoms with Crippen molar-refractivity contribution in [3.05, 3.63) is 71.3 Å². The van der Waals surface area contributed by atoms with E-state index < -0.39 is 6.04 Å². The molecule has 158 valence electrons. The van der Waals surface area contributed by atoms with Crippen LogP contribution in [0.2, 0.25) is 0 Å². The van der Waals surface area contributed by atoms with Gasteiger partial charge in [0, 0.05) is 18.2 Å². The van der Waals surface area contributed by atoms with Crippen molar-refractivity contribution in [2.24, 2.45) is 5.92 Å². The monoisotopic (exact) mass is 405 g/mol. The van der Waals surface area contributed by atoms with Gasteiger partial charge in [0.1, 0.15) is 6.04 Å². The Morgan fingerprint density at radius 1 is 1.07 bits per heavy atom. The number of carbonyl (C=O) groups is 2. The molecule has 1 aliphatic rings. The Bertz CT molecular complexity index is 877. The summed E-state index contributed by atoms with van der Waals surface area (Å²) in [6.45, 7) is 3.87. The Labute approximate surface area is 178 Å². The molecule has 3 rings (SSSR count). The molecular weight excluding hydrogens is 374 g/mol. The maximum atomic E-state index is 12.8. The molecule has 0 spiro atoms. The van der Waals surface area contributed by atoms with E-state index in [0.29, 0.717) is 18.2 Å². The molecule has 3 atom stereocenters. The molecule has 0 radical (unpaired) electrons. The van der Waals surface area contributed by atoms with E-state index in [1.54, 1.807) is 13.8 Å². The van der Waals surface area contributed by atoms with E-state index in [-0.39, 0.29) is 17.7 Å². The number of benzene rings is 2. The summed E-state index contributed by atoms with van der Waals surface area (Å²) in [5, 5.41) is 13.4. The van der Waals surface area contributed by atoms with Crippen LogP contribution in [0.5, 0.6) is 0 Å². The molecule has 2 aromatic rings. The first-order chi connectivity index (χ1) is 14.4. The fraction of sp³-hybridized carbons (Fsp3) is 0.400. The molecule has 0 heterocycles. The van der Waals surface area contributed by atoms with Gasteiger partial charge >= 0.3 is 0 Å². The Morgan fingerprint density at radius 3 is 2.43 bits per heavy atom. The highest BCUT2D eigenvalue weighted by Crippen LogP contribution is 2.36. The zero-order valence-electron chi connectivity index (χ0n) is 17.8. The van der Waals surface area contributed by atoms with Crippen molar-refractivity contribution < 1.29 is 9.59 Å². The van der Waals surface area contributed by atoms with E-state index in [4.69, 9.17) is 5.41 Å². The largest absolute Gasteiger partial charge is 0.350 e. The van der Waals surface area contributed by atoms with Crippen LogP contribution in [0.15, 0.2) is 54.6 Å². The highest BCUT2D eigenvalue weighted by molar-refractivity contribution is 5.96. The summed E-state index contributed by atoms with van der Waals surface area (Å²) in [6, 6.07) is 17.4.